The van der Waals surface area contributed by atoms with Crippen molar-refractivity contribution in [2.45, 2.75) is 58.5 Å². The van der Waals surface area contributed by atoms with Crippen LogP contribution in [0.25, 0.3) is 0 Å². The molecule has 1 rings (SSSR count). The molecule has 0 aliphatic rings. The number of nitrogens with one attached hydrogen (secondary N) is 1. The Morgan fingerprint density at radius 3 is 2.48 bits per heavy atom. The zero-order valence-electron chi connectivity index (χ0n) is 14.7. The standard InChI is InChI=1S/C17H29NO4S/c1-6-11-22-15-8-7-14(12-13(15)2)23(20,21)18-10-9-16(19)17(3,4)5/h7-8,12,16,18-19H,6,9-11H2,1-5H3. The molecular formula is C17H29NO4S. The van der Waals surface area contributed by atoms with Crippen LogP contribution in [0.1, 0.15) is 46.1 Å². The average molecular weight is 343 g/mol. The Bertz CT molecular complexity index is 606. The molecule has 0 fully saturated rings. The highest BCUT2D eigenvalue weighted by molar-refractivity contribution is 7.89. The number of ether oxygens (including phenoxy) is 1. The number of benzene rings is 1. The fourth-order valence-electron chi connectivity index (χ4n) is 2.01. The Morgan fingerprint density at radius 1 is 1.30 bits per heavy atom. The van der Waals surface area contributed by atoms with Gasteiger partial charge in [0.1, 0.15) is 5.75 Å². The third kappa shape index (κ3) is 6.12. The minimum Gasteiger partial charge on any atom is -0.493 e. The summed E-state index contributed by atoms with van der Waals surface area (Å²) in [5.74, 6) is 0.703. The SMILES string of the molecule is CCCOc1ccc(S(=O)(=O)NCCC(O)C(C)(C)C)cc1C. The van der Waals surface area contributed by atoms with Crippen molar-refractivity contribution >= 4 is 10.0 Å². The lowest BCUT2D eigenvalue weighted by Gasteiger charge is -2.25. The lowest BCUT2D eigenvalue weighted by molar-refractivity contribution is 0.0571. The van der Waals surface area contributed by atoms with Crippen LogP contribution in [-0.2, 0) is 10.0 Å². The number of sulfonamides is 1. The first-order valence-electron chi connectivity index (χ1n) is 7.99. The summed E-state index contributed by atoms with van der Waals surface area (Å²) < 4.78 is 32.7. The molecule has 23 heavy (non-hydrogen) atoms. The molecule has 1 atom stereocenters. The number of aliphatic hydroxyl groups excluding tert-OH is 1. The second-order valence-corrected chi connectivity index (χ2v) is 8.61. The molecule has 0 bridgehead atoms. The first kappa shape index (κ1) is 19.9. The van der Waals surface area contributed by atoms with Crippen LogP contribution in [0.5, 0.6) is 5.75 Å². The van der Waals surface area contributed by atoms with Crippen molar-refractivity contribution in [3.8, 4) is 5.75 Å². The van der Waals surface area contributed by atoms with E-state index in [0.717, 1.165) is 12.0 Å². The highest BCUT2D eigenvalue weighted by Gasteiger charge is 2.23. The van der Waals surface area contributed by atoms with Crippen LogP contribution in [-0.4, -0.2) is 32.8 Å². The number of hydrogen-bond acceptors (Lipinski definition) is 4. The van der Waals surface area contributed by atoms with Gasteiger partial charge in [0.25, 0.3) is 0 Å². The Morgan fingerprint density at radius 2 is 1.96 bits per heavy atom. The van der Waals surface area contributed by atoms with Crippen LogP contribution >= 0.6 is 0 Å². The Balaban J connectivity index is 2.71. The molecule has 1 unspecified atom stereocenters. The van der Waals surface area contributed by atoms with E-state index >= 15 is 0 Å². The second kappa shape index (κ2) is 8.13. The first-order chi connectivity index (χ1) is 10.6. The molecule has 0 spiro atoms. The van der Waals surface area contributed by atoms with Crippen molar-refractivity contribution < 1.29 is 18.3 Å². The molecule has 0 saturated heterocycles. The maximum Gasteiger partial charge on any atom is 0.240 e. The number of rotatable bonds is 8. The fraction of sp³-hybridized carbons (Fsp3) is 0.647. The van der Waals surface area contributed by atoms with Gasteiger partial charge in [-0.1, -0.05) is 27.7 Å². The van der Waals surface area contributed by atoms with Crippen molar-refractivity contribution in [3.05, 3.63) is 23.8 Å². The zero-order valence-corrected chi connectivity index (χ0v) is 15.5. The molecule has 5 nitrogen and oxygen atoms in total. The van der Waals surface area contributed by atoms with Crippen LogP contribution < -0.4 is 9.46 Å². The van der Waals surface area contributed by atoms with Crippen LogP contribution in [0.15, 0.2) is 23.1 Å². The molecule has 0 amide bonds. The monoisotopic (exact) mass is 343 g/mol. The third-order valence-electron chi connectivity index (χ3n) is 3.63. The summed E-state index contributed by atoms with van der Waals surface area (Å²) in [5.41, 5.74) is 0.524. The van der Waals surface area contributed by atoms with Gasteiger partial charge >= 0.3 is 0 Å². The Labute approximate surface area is 140 Å². The minimum absolute atomic E-state index is 0.202. The lowest BCUT2D eigenvalue weighted by atomic mass is 9.87. The largest absolute Gasteiger partial charge is 0.493 e. The van der Waals surface area contributed by atoms with E-state index in [1.54, 1.807) is 18.2 Å². The fourth-order valence-corrected chi connectivity index (χ4v) is 3.14. The Kier molecular flexibility index (Phi) is 7.04. The maximum atomic E-state index is 12.3. The predicted octanol–water partition coefficient (Wildman–Crippen LogP) is 2.86. The van der Waals surface area contributed by atoms with Crippen molar-refractivity contribution in [2.24, 2.45) is 5.41 Å². The molecule has 0 saturated carbocycles. The van der Waals surface area contributed by atoms with Crippen molar-refractivity contribution in [1.29, 1.82) is 0 Å². The van der Waals surface area contributed by atoms with E-state index in [-0.39, 0.29) is 16.9 Å². The normalized spacial score (nSPS) is 13.8. The lowest BCUT2D eigenvalue weighted by Crippen LogP contribution is -2.32. The topological polar surface area (TPSA) is 75.6 Å². The molecule has 6 heteroatoms. The van der Waals surface area contributed by atoms with Crippen LogP contribution in [0.3, 0.4) is 0 Å². The molecule has 1 aromatic rings. The zero-order chi connectivity index (χ0) is 17.7. The van der Waals surface area contributed by atoms with Gasteiger partial charge in [0.15, 0.2) is 0 Å². The van der Waals surface area contributed by atoms with E-state index in [0.29, 0.717) is 18.8 Å². The average Bonchev–Trinajstić information content (AvgIpc) is 2.44. The van der Waals surface area contributed by atoms with E-state index < -0.39 is 16.1 Å². The van der Waals surface area contributed by atoms with Gasteiger partial charge < -0.3 is 9.84 Å². The van der Waals surface area contributed by atoms with Gasteiger partial charge in [-0.2, -0.15) is 0 Å². The third-order valence-corrected chi connectivity index (χ3v) is 5.09. The van der Waals surface area contributed by atoms with Crippen molar-refractivity contribution in [1.82, 2.24) is 4.72 Å². The highest BCUT2D eigenvalue weighted by Crippen LogP contribution is 2.23. The molecule has 0 heterocycles. The maximum absolute atomic E-state index is 12.3. The van der Waals surface area contributed by atoms with Crippen molar-refractivity contribution in [2.75, 3.05) is 13.2 Å². The van der Waals surface area contributed by atoms with E-state index in [1.165, 1.54) is 0 Å². The molecule has 1 aromatic carbocycles. The van der Waals surface area contributed by atoms with Crippen LogP contribution in [0.4, 0.5) is 0 Å². The molecular weight excluding hydrogens is 314 g/mol. The summed E-state index contributed by atoms with van der Waals surface area (Å²) in [6, 6.07) is 4.83. The number of hydrogen-bond donors (Lipinski definition) is 2. The summed E-state index contributed by atoms with van der Waals surface area (Å²) in [6.07, 6.45) is 0.716. The van der Waals surface area contributed by atoms with Gasteiger partial charge in [-0.3, -0.25) is 0 Å². The van der Waals surface area contributed by atoms with E-state index in [1.807, 2.05) is 34.6 Å². The summed E-state index contributed by atoms with van der Waals surface area (Å²) in [5, 5.41) is 9.96. The van der Waals surface area contributed by atoms with Gasteiger partial charge in [0.2, 0.25) is 10.0 Å². The quantitative estimate of drug-likeness (QED) is 0.761. The van der Waals surface area contributed by atoms with E-state index in [2.05, 4.69) is 4.72 Å². The smallest absolute Gasteiger partial charge is 0.240 e. The summed E-state index contributed by atoms with van der Waals surface area (Å²) in [6.45, 7) is 10.4. The summed E-state index contributed by atoms with van der Waals surface area (Å²) in [7, 11) is -3.58. The van der Waals surface area contributed by atoms with Crippen LogP contribution in [0, 0.1) is 12.3 Å². The number of aryl methyl sites for hydroxylation is 1. The van der Waals surface area contributed by atoms with Gasteiger partial charge in [0.05, 0.1) is 17.6 Å². The van der Waals surface area contributed by atoms with Crippen molar-refractivity contribution in [3.63, 3.8) is 0 Å². The molecule has 0 radical (unpaired) electrons. The molecule has 0 aliphatic heterocycles. The minimum atomic E-state index is -3.58. The summed E-state index contributed by atoms with van der Waals surface area (Å²) in [4.78, 5) is 0.212. The van der Waals surface area contributed by atoms with Gasteiger partial charge in [-0.05, 0) is 48.9 Å². The van der Waals surface area contributed by atoms with E-state index in [4.69, 9.17) is 4.74 Å². The molecule has 132 valence electrons. The molecule has 2 N–H and O–H groups in total. The predicted molar refractivity (Wildman–Crippen MR) is 92.2 cm³/mol. The molecule has 0 aliphatic carbocycles. The van der Waals surface area contributed by atoms with E-state index in [9.17, 15) is 13.5 Å². The Hall–Kier alpha value is -1.11. The van der Waals surface area contributed by atoms with Crippen LogP contribution in [0.2, 0.25) is 0 Å². The highest BCUT2D eigenvalue weighted by atomic mass is 32.2. The summed E-state index contributed by atoms with van der Waals surface area (Å²) >= 11 is 0. The number of aliphatic hydroxyl groups is 1. The second-order valence-electron chi connectivity index (χ2n) is 6.84. The van der Waals surface area contributed by atoms with Gasteiger partial charge in [-0.15, -0.1) is 0 Å². The first-order valence-corrected chi connectivity index (χ1v) is 9.47. The van der Waals surface area contributed by atoms with Gasteiger partial charge in [0, 0.05) is 6.54 Å². The molecule has 0 aromatic heterocycles. The van der Waals surface area contributed by atoms with Gasteiger partial charge in [-0.25, -0.2) is 13.1 Å².